The Labute approximate surface area is 138 Å². The molecule has 0 aliphatic carbocycles. The molecule has 0 saturated heterocycles. The quantitative estimate of drug-likeness (QED) is 0.571. The van der Waals surface area contributed by atoms with Gasteiger partial charge in [-0.15, -0.1) is 0 Å². The van der Waals surface area contributed by atoms with E-state index < -0.39 is 5.97 Å². The fraction of sp³-hybridized carbons (Fsp3) is 0.0526. The van der Waals surface area contributed by atoms with Gasteiger partial charge in [0.25, 0.3) is 0 Å². The molecule has 0 unspecified atom stereocenters. The maximum Gasteiger partial charge on any atom is 0.342 e. The fourth-order valence-corrected chi connectivity index (χ4v) is 2.23. The van der Waals surface area contributed by atoms with E-state index >= 15 is 0 Å². The molecule has 0 spiro atoms. The van der Waals surface area contributed by atoms with Gasteiger partial charge in [-0.1, -0.05) is 36.4 Å². The third-order valence-electron chi connectivity index (χ3n) is 3.46. The number of carbonyl (C=O) groups excluding carboxylic acids is 2. The van der Waals surface area contributed by atoms with Crippen LogP contribution >= 0.6 is 0 Å². The zero-order chi connectivity index (χ0) is 16.9. The van der Waals surface area contributed by atoms with Crippen molar-refractivity contribution in [1.82, 2.24) is 0 Å². The molecule has 2 aromatic carbocycles. The van der Waals surface area contributed by atoms with Crippen molar-refractivity contribution in [3.8, 4) is 17.1 Å². The molecule has 1 aromatic heterocycles. The van der Waals surface area contributed by atoms with Crippen molar-refractivity contribution in [2.45, 2.75) is 6.61 Å². The highest BCUT2D eigenvalue weighted by atomic mass is 16.5. The normalized spacial score (nSPS) is 10.3. The summed E-state index contributed by atoms with van der Waals surface area (Å²) in [7, 11) is 0. The lowest BCUT2D eigenvalue weighted by molar-refractivity contribution is 0.0469. The van der Waals surface area contributed by atoms with Crippen LogP contribution in [0.2, 0.25) is 0 Å². The number of aromatic hydroxyl groups is 1. The Balaban J connectivity index is 1.74. The van der Waals surface area contributed by atoms with Crippen LogP contribution in [-0.4, -0.2) is 17.4 Å². The topological polar surface area (TPSA) is 76.7 Å². The van der Waals surface area contributed by atoms with E-state index in [1.807, 2.05) is 30.3 Å². The second-order valence-electron chi connectivity index (χ2n) is 5.11. The summed E-state index contributed by atoms with van der Waals surface area (Å²) in [5, 5.41) is 10.1. The minimum Gasteiger partial charge on any atom is -0.507 e. The molecule has 1 heterocycles. The van der Waals surface area contributed by atoms with Crippen LogP contribution in [0, 0.1) is 0 Å². The van der Waals surface area contributed by atoms with Gasteiger partial charge in [-0.2, -0.15) is 0 Å². The van der Waals surface area contributed by atoms with Crippen LogP contribution in [0.5, 0.6) is 5.75 Å². The number of esters is 1. The van der Waals surface area contributed by atoms with Gasteiger partial charge in [0.1, 0.15) is 23.7 Å². The number of ether oxygens (including phenoxy) is 1. The Hall–Kier alpha value is -3.34. The van der Waals surface area contributed by atoms with Gasteiger partial charge in [0.05, 0.1) is 0 Å². The first-order valence-corrected chi connectivity index (χ1v) is 7.27. The van der Waals surface area contributed by atoms with E-state index in [1.165, 1.54) is 18.2 Å². The zero-order valence-electron chi connectivity index (χ0n) is 12.6. The molecule has 5 nitrogen and oxygen atoms in total. The summed E-state index contributed by atoms with van der Waals surface area (Å²) in [6, 6.07) is 16.9. The molecule has 1 N–H and O–H groups in total. The lowest BCUT2D eigenvalue weighted by Crippen LogP contribution is -2.05. The van der Waals surface area contributed by atoms with E-state index in [2.05, 4.69) is 0 Å². The van der Waals surface area contributed by atoms with Crippen molar-refractivity contribution < 1.29 is 23.8 Å². The molecule has 0 amide bonds. The Morgan fingerprint density at radius 2 is 1.88 bits per heavy atom. The van der Waals surface area contributed by atoms with Gasteiger partial charge < -0.3 is 14.3 Å². The number of aldehydes is 1. The van der Waals surface area contributed by atoms with E-state index in [0.29, 0.717) is 17.6 Å². The van der Waals surface area contributed by atoms with Gasteiger partial charge in [0.2, 0.25) is 0 Å². The number of carbonyl (C=O) groups is 2. The molecular weight excluding hydrogens is 308 g/mol. The number of hydrogen-bond acceptors (Lipinski definition) is 5. The van der Waals surface area contributed by atoms with Gasteiger partial charge in [0.15, 0.2) is 12.0 Å². The van der Waals surface area contributed by atoms with Crippen molar-refractivity contribution in [2.75, 3.05) is 0 Å². The number of furan rings is 1. The molecular formula is C19H14O5. The summed E-state index contributed by atoms with van der Waals surface area (Å²) in [4.78, 5) is 22.7. The highest BCUT2D eigenvalue weighted by molar-refractivity contribution is 5.93. The third-order valence-corrected chi connectivity index (χ3v) is 3.46. The summed E-state index contributed by atoms with van der Waals surface area (Å²) < 4.78 is 10.5. The number of phenolic OH excluding ortho intramolecular Hbond substituents is 1. The first kappa shape index (κ1) is 15.6. The lowest BCUT2D eigenvalue weighted by Gasteiger charge is -2.07. The molecule has 0 saturated carbocycles. The average Bonchev–Trinajstić information content (AvgIpc) is 3.09. The second kappa shape index (κ2) is 6.83. The van der Waals surface area contributed by atoms with Crippen LogP contribution in [0.1, 0.15) is 26.5 Å². The molecule has 0 fully saturated rings. The molecule has 24 heavy (non-hydrogen) atoms. The van der Waals surface area contributed by atoms with Crippen LogP contribution in [0.3, 0.4) is 0 Å². The molecule has 0 aliphatic heterocycles. The van der Waals surface area contributed by atoms with Crippen LogP contribution in [0.15, 0.2) is 65.1 Å². The standard InChI is InChI=1S/C19H14O5/c20-11-15-7-9-18(24-15)14-6-8-16(17(21)10-14)19(22)23-12-13-4-2-1-3-5-13/h1-11,21H,12H2. The molecule has 0 aliphatic rings. The Morgan fingerprint density at radius 1 is 1.08 bits per heavy atom. The van der Waals surface area contributed by atoms with Crippen molar-refractivity contribution in [1.29, 1.82) is 0 Å². The third kappa shape index (κ3) is 3.35. The molecule has 0 radical (unpaired) electrons. The summed E-state index contributed by atoms with van der Waals surface area (Å²) in [5.74, 6) is -0.210. The number of phenols is 1. The summed E-state index contributed by atoms with van der Waals surface area (Å²) in [5.41, 5.74) is 1.48. The molecule has 3 rings (SSSR count). The Morgan fingerprint density at radius 3 is 2.54 bits per heavy atom. The van der Waals surface area contributed by atoms with Crippen LogP contribution in [0.25, 0.3) is 11.3 Å². The number of benzene rings is 2. The SMILES string of the molecule is O=Cc1ccc(-c2ccc(C(=O)OCc3ccccc3)c(O)c2)o1. The van der Waals surface area contributed by atoms with Gasteiger partial charge in [-0.3, -0.25) is 4.79 Å². The van der Waals surface area contributed by atoms with Crippen molar-refractivity contribution >= 4 is 12.3 Å². The van der Waals surface area contributed by atoms with E-state index in [9.17, 15) is 14.7 Å². The van der Waals surface area contributed by atoms with Gasteiger partial charge in [-0.05, 0) is 29.8 Å². The maximum absolute atomic E-state index is 12.1. The molecule has 0 bridgehead atoms. The highest BCUT2D eigenvalue weighted by Gasteiger charge is 2.15. The molecule has 3 aromatic rings. The van der Waals surface area contributed by atoms with Crippen LogP contribution < -0.4 is 0 Å². The van der Waals surface area contributed by atoms with Gasteiger partial charge >= 0.3 is 5.97 Å². The second-order valence-corrected chi connectivity index (χ2v) is 5.11. The first-order valence-electron chi connectivity index (χ1n) is 7.27. The van der Waals surface area contributed by atoms with Crippen molar-refractivity contribution in [3.05, 3.63) is 77.6 Å². The minimum atomic E-state index is -0.615. The van der Waals surface area contributed by atoms with Gasteiger partial charge in [0, 0.05) is 5.56 Å². The average molecular weight is 322 g/mol. The summed E-state index contributed by atoms with van der Waals surface area (Å²) in [6.07, 6.45) is 0.596. The first-order chi connectivity index (χ1) is 11.7. The molecule has 120 valence electrons. The van der Waals surface area contributed by atoms with E-state index in [1.54, 1.807) is 12.1 Å². The smallest absolute Gasteiger partial charge is 0.342 e. The Bertz CT molecular complexity index is 864. The maximum atomic E-state index is 12.1. The summed E-state index contributed by atoms with van der Waals surface area (Å²) in [6.45, 7) is 0.127. The highest BCUT2D eigenvalue weighted by Crippen LogP contribution is 2.28. The lowest BCUT2D eigenvalue weighted by atomic mass is 10.1. The zero-order valence-corrected chi connectivity index (χ0v) is 12.6. The number of hydrogen-bond donors (Lipinski definition) is 1. The largest absolute Gasteiger partial charge is 0.507 e. The predicted octanol–water partition coefficient (Wildman–Crippen LogP) is 3.82. The summed E-state index contributed by atoms with van der Waals surface area (Å²) >= 11 is 0. The van der Waals surface area contributed by atoms with Crippen molar-refractivity contribution in [2.24, 2.45) is 0 Å². The minimum absolute atomic E-state index is 0.0665. The van der Waals surface area contributed by atoms with E-state index in [-0.39, 0.29) is 23.7 Å². The van der Waals surface area contributed by atoms with E-state index in [4.69, 9.17) is 9.15 Å². The Kier molecular flexibility index (Phi) is 4.43. The van der Waals surface area contributed by atoms with E-state index in [0.717, 1.165) is 5.56 Å². The number of rotatable bonds is 5. The molecule has 0 atom stereocenters. The van der Waals surface area contributed by atoms with Crippen LogP contribution in [0.4, 0.5) is 0 Å². The fourth-order valence-electron chi connectivity index (χ4n) is 2.23. The predicted molar refractivity (Wildman–Crippen MR) is 86.8 cm³/mol. The van der Waals surface area contributed by atoms with Gasteiger partial charge in [-0.25, -0.2) is 4.79 Å². The monoisotopic (exact) mass is 322 g/mol. The van der Waals surface area contributed by atoms with Crippen molar-refractivity contribution in [3.63, 3.8) is 0 Å². The van der Waals surface area contributed by atoms with Crippen LogP contribution in [-0.2, 0) is 11.3 Å². The molecule has 5 heteroatoms.